The number of rotatable bonds is 2. The van der Waals surface area contributed by atoms with Crippen LogP contribution in [0.4, 0.5) is 0 Å². The largest absolute Gasteiger partial charge is 0.469 e. The van der Waals surface area contributed by atoms with Crippen molar-refractivity contribution < 1.29 is 9.53 Å². The maximum absolute atomic E-state index is 10.9. The number of esters is 1. The normalized spacial score (nSPS) is 9.50. The molecule has 0 aliphatic carbocycles. The van der Waals surface area contributed by atoms with Crippen LogP contribution in [-0.2, 0) is 16.0 Å². The number of hydrogen-bond donors (Lipinski definition) is 0. The Bertz CT molecular complexity index is 288. The molecule has 0 atom stereocenters. The summed E-state index contributed by atoms with van der Waals surface area (Å²) >= 11 is 3.24. The van der Waals surface area contributed by atoms with Crippen LogP contribution in [0, 0.1) is 0 Å². The van der Waals surface area contributed by atoms with E-state index in [0.717, 1.165) is 5.56 Å². The van der Waals surface area contributed by atoms with E-state index in [0.29, 0.717) is 4.60 Å². The van der Waals surface area contributed by atoms with Gasteiger partial charge in [-0.3, -0.25) is 4.79 Å². The van der Waals surface area contributed by atoms with E-state index in [1.54, 1.807) is 12.3 Å². The second-order valence-corrected chi connectivity index (χ2v) is 2.96. The molecule has 64 valence electrons. The van der Waals surface area contributed by atoms with Crippen LogP contribution < -0.4 is 0 Å². The van der Waals surface area contributed by atoms with E-state index >= 15 is 0 Å². The van der Waals surface area contributed by atoms with Gasteiger partial charge in [0.25, 0.3) is 0 Å². The van der Waals surface area contributed by atoms with Gasteiger partial charge in [0.15, 0.2) is 0 Å². The lowest BCUT2D eigenvalue weighted by molar-refractivity contribution is -0.139. The zero-order valence-electron chi connectivity index (χ0n) is 6.58. The third kappa shape index (κ3) is 2.30. The number of ether oxygens (including phenoxy) is 1. The van der Waals surface area contributed by atoms with E-state index < -0.39 is 0 Å². The zero-order chi connectivity index (χ0) is 8.97. The molecule has 0 aliphatic heterocycles. The van der Waals surface area contributed by atoms with Crippen molar-refractivity contribution in [3.05, 3.63) is 28.5 Å². The van der Waals surface area contributed by atoms with Gasteiger partial charge in [-0.25, -0.2) is 4.98 Å². The van der Waals surface area contributed by atoms with Crippen molar-refractivity contribution >= 4 is 21.9 Å². The summed E-state index contributed by atoms with van der Waals surface area (Å²) in [6.45, 7) is 0. The number of carbonyl (C=O) groups is 1. The molecule has 3 nitrogen and oxygen atoms in total. The highest BCUT2D eigenvalue weighted by Gasteiger charge is 2.05. The minimum atomic E-state index is -0.260. The van der Waals surface area contributed by atoms with Gasteiger partial charge in [-0.1, -0.05) is 6.07 Å². The van der Waals surface area contributed by atoms with E-state index in [1.165, 1.54) is 7.11 Å². The molecule has 12 heavy (non-hydrogen) atoms. The Morgan fingerprint density at radius 3 is 3.08 bits per heavy atom. The lowest BCUT2D eigenvalue weighted by Crippen LogP contribution is -2.05. The van der Waals surface area contributed by atoms with Crippen LogP contribution in [0.3, 0.4) is 0 Å². The predicted octanol–water partition coefficient (Wildman–Crippen LogP) is 1.56. The highest BCUT2D eigenvalue weighted by atomic mass is 79.9. The van der Waals surface area contributed by atoms with Crippen molar-refractivity contribution in [1.82, 2.24) is 4.98 Å². The topological polar surface area (TPSA) is 39.2 Å². The molecule has 0 aromatic carbocycles. The first-order valence-electron chi connectivity index (χ1n) is 3.40. The molecule has 1 aromatic rings. The highest BCUT2D eigenvalue weighted by Crippen LogP contribution is 2.13. The maximum Gasteiger partial charge on any atom is 0.310 e. The molecule has 0 aliphatic rings. The molecule has 0 unspecified atom stereocenters. The summed E-state index contributed by atoms with van der Waals surface area (Å²) in [6, 6.07) is 3.61. The number of nitrogens with zero attached hydrogens (tertiary/aromatic N) is 1. The average molecular weight is 230 g/mol. The van der Waals surface area contributed by atoms with Crippen molar-refractivity contribution in [2.45, 2.75) is 6.42 Å². The lowest BCUT2D eigenvalue weighted by Gasteiger charge is -2.00. The van der Waals surface area contributed by atoms with Crippen molar-refractivity contribution in [1.29, 1.82) is 0 Å². The molecule has 0 saturated carbocycles. The zero-order valence-corrected chi connectivity index (χ0v) is 8.17. The molecule has 0 spiro atoms. The Balaban J connectivity index is 2.75. The summed E-state index contributed by atoms with van der Waals surface area (Å²) in [5.41, 5.74) is 0.837. The fraction of sp³-hybridized carbons (Fsp3) is 0.250. The monoisotopic (exact) mass is 229 g/mol. The Labute approximate surface area is 78.9 Å². The minimum Gasteiger partial charge on any atom is -0.469 e. The van der Waals surface area contributed by atoms with Crippen molar-refractivity contribution in [3.8, 4) is 0 Å². The number of hydrogen-bond acceptors (Lipinski definition) is 3. The van der Waals surface area contributed by atoms with E-state index in [2.05, 4.69) is 25.7 Å². The van der Waals surface area contributed by atoms with Gasteiger partial charge >= 0.3 is 5.97 Å². The molecule has 0 saturated heterocycles. The smallest absolute Gasteiger partial charge is 0.310 e. The molecule has 1 heterocycles. The number of pyridine rings is 1. The third-order valence-electron chi connectivity index (χ3n) is 1.40. The third-order valence-corrected chi connectivity index (χ3v) is 2.11. The van der Waals surface area contributed by atoms with E-state index in [1.807, 2.05) is 6.07 Å². The molecular formula is C8H8BrNO2. The van der Waals surface area contributed by atoms with Gasteiger partial charge < -0.3 is 4.74 Å². The molecule has 0 N–H and O–H groups in total. The predicted molar refractivity (Wildman–Crippen MR) is 47.7 cm³/mol. The Hall–Kier alpha value is -0.900. The molecule has 4 heteroatoms. The van der Waals surface area contributed by atoms with E-state index in [4.69, 9.17) is 0 Å². The van der Waals surface area contributed by atoms with Crippen molar-refractivity contribution in [3.63, 3.8) is 0 Å². The van der Waals surface area contributed by atoms with Gasteiger partial charge in [-0.05, 0) is 27.6 Å². The first kappa shape index (κ1) is 9.19. The van der Waals surface area contributed by atoms with Crippen LogP contribution in [0.1, 0.15) is 5.56 Å². The van der Waals surface area contributed by atoms with Crippen LogP contribution in [0.25, 0.3) is 0 Å². The minimum absolute atomic E-state index is 0.255. The summed E-state index contributed by atoms with van der Waals surface area (Å²) in [4.78, 5) is 14.8. The summed E-state index contributed by atoms with van der Waals surface area (Å²) < 4.78 is 5.21. The first-order chi connectivity index (χ1) is 5.74. The van der Waals surface area contributed by atoms with Crippen LogP contribution in [-0.4, -0.2) is 18.1 Å². The fourth-order valence-electron chi connectivity index (χ4n) is 0.779. The summed E-state index contributed by atoms with van der Waals surface area (Å²) in [7, 11) is 1.37. The average Bonchev–Trinajstić information content (AvgIpc) is 2.09. The fourth-order valence-corrected chi connectivity index (χ4v) is 1.17. The van der Waals surface area contributed by atoms with E-state index in [-0.39, 0.29) is 12.4 Å². The van der Waals surface area contributed by atoms with Gasteiger partial charge in [0, 0.05) is 6.20 Å². The first-order valence-corrected chi connectivity index (χ1v) is 4.19. The second-order valence-electron chi connectivity index (χ2n) is 2.21. The number of carbonyl (C=O) groups excluding carboxylic acids is 1. The van der Waals surface area contributed by atoms with Gasteiger partial charge in [0.1, 0.15) is 4.60 Å². The Morgan fingerprint density at radius 2 is 2.50 bits per heavy atom. The molecule has 1 rings (SSSR count). The SMILES string of the molecule is COC(=O)Cc1cccnc1Br. The van der Waals surface area contributed by atoms with Crippen LogP contribution >= 0.6 is 15.9 Å². The lowest BCUT2D eigenvalue weighted by atomic mass is 10.2. The highest BCUT2D eigenvalue weighted by molar-refractivity contribution is 9.10. The summed E-state index contributed by atoms with van der Waals surface area (Å²) in [6.07, 6.45) is 1.91. The van der Waals surface area contributed by atoms with Crippen molar-refractivity contribution in [2.24, 2.45) is 0 Å². The molecule has 0 fully saturated rings. The number of halogens is 1. The molecule has 0 bridgehead atoms. The number of aromatic nitrogens is 1. The van der Waals surface area contributed by atoms with E-state index in [9.17, 15) is 4.79 Å². The molecule has 0 radical (unpaired) electrons. The molecular weight excluding hydrogens is 222 g/mol. The Kier molecular flexibility index (Phi) is 3.22. The van der Waals surface area contributed by atoms with Gasteiger partial charge in [0.05, 0.1) is 13.5 Å². The van der Waals surface area contributed by atoms with Crippen LogP contribution in [0.5, 0.6) is 0 Å². The molecule has 1 aromatic heterocycles. The quantitative estimate of drug-likeness (QED) is 0.571. The maximum atomic E-state index is 10.9. The summed E-state index contributed by atoms with van der Waals surface area (Å²) in [5.74, 6) is -0.260. The second kappa shape index (κ2) is 4.21. The van der Waals surface area contributed by atoms with Crippen molar-refractivity contribution in [2.75, 3.05) is 7.11 Å². The molecule has 0 amide bonds. The van der Waals surface area contributed by atoms with Gasteiger partial charge in [-0.2, -0.15) is 0 Å². The van der Waals surface area contributed by atoms with Crippen LogP contribution in [0.2, 0.25) is 0 Å². The van der Waals surface area contributed by atoms with Gasteiger partial charge in [-0.15, -0.1) is 0 Å². The summed E-state index contributed by atoms with van der Waals surface area (Å²) in [5, 5.41) is 0. The van der Waals surface area contributed by atoms with Crippen LogP contribution in [0.15, 0.2) is 22.9 Å². The Morgan fingerprint density at radius 1 is 1.75 bits per heavy atom. The standard InChI is InChI=1S/C8H8BrNO2/c1-12-7(11)5-6-3-2-4-10-8(6)9/h2-4H,5H2,1H3. The van der Waals surface area contributed by atoms with Gasteiger partial charge in [0.2, 0.25) is 0 Å². The number of methoxy groups -OCH3 is 1.